The van der Waals surface area contributed by atoms with Crippen molar-refractivity contribution in [3.05, 3.63) is 113 Å². The third kappa shape index (κ3) is 3.71. The molecule has 1 aliphatic heterocycles. The fraction of sp³-hybridized carbons (Fsp3) is 0.0833. The predicted molar refractivity (Wildman–Crippen MR) is 118 cm³/mol. The molecule has 2 aliphatic rings. The summed E-state index contributed by atoms with van der Waals surface area (Å²) in [6.07, 6.45) is 10.2. The van der Waals surface area contributed by atoms with Crippen LogP contribution in [0.4, 0.5) is 0 Å². The van der Waals surface area contributed by atoms with Crippen LogP contribution in [0, 0.1) is 0 Å². The molecule has 27 heavy (non-hydrogen) atoms. The quantitative estimate of drug-likeness (QED) is 0.509. The van der Waals surface area contributed by atoms with Gasteiger partial charge in [0, 0.05) is 12.8 Å². The molecule has 2 aromatic carbocycles. The highest BCUT2D eigenvalue weighted by molar-refractivity contribution is 8.10. The lowest BCUT2D eigenvalue weighted by atomic mass is 10.1. The maximum atomic E-state index is 6.02. The zero-order valence-electron chi connectivity index (χ0n) is 15.1. The Kier molecular flexibility index (Phi) is 5.42. The Morgan fingerprint density at radius 1 is 0.889 bits per heavy atom. The number of hydrogen-bond acceptors (Lipinski definition) is 2. The highest BCUT2D eigenvalue weighted by Gasteiger charge is 2.39. The van der Waals surface area contributed by atoms with Crippen molar-refractivity contribution < 1.29 is 4.74 Å². The van der Waals surface area contributed by atoms with Crippen LogP contribution < -0.4 is 4.74 Å². The summed E-state index contributed by atoms with van der Waals surface area (Å²) in [5.74, 6) is 1.91. The lowest BCUT2D eigenvalue weighted by molar-refractivity contribution is 0.402. The van der Waals surface area contributed by atoms with Crippen LogP contribution in [0.5, 0.6) is 5.75 Å². The largest absolute Gasteiger partial charge is 0.462 e. The second kappa shape index (κ2) is 8.12. The zero-order chi connectivity index (χ0) is 18.6. The van der Waals surface area contributed by atoms with Gasteiger partial charge < -0.3 is 4.74 Å². The molecule has 0 amide bonds. The van der Waals surface area contributed by atoms with Gasteiger partial charge in [-0.3, -0.25) is 0 Å². The van der Waals surface area contributed by atoms with E-state index in [0.717, 1.165) is 24.4 Å². The monoisotopic (exact) mass is 389 g/mol. The summed E-state index contributed by atoms with van der Waals surface area (Å²) in [6, 6.07) is 18.7. The van der Waals surface area contributed by atoms with Gasteiger partial charge in [0.05, 0.1) is 20.7 Å². The second-order valence-electron chi connectivity index (χ2n) is 6.17. The average Bonchev–Trinajstić information content (AvgIpc) is 2.73. The molecule has 1 atom stereocenters. The number of ether oxygens (including phenoxy) is 1. The van der Waals surface area contributed by atoms with E-state index in [1.54, 1.807) is 11.8 Å². The van der Waals surface area contributed by atoms with Gasteiger partial charge in [0.15, 0.2) is 9.80 Å². The van der Waals surface area contributed by atoms with Crippen LogP contribution in [-0.4, -0.2) is 0 Å². The minimum absolute atomic E-state index is 0.105. The number of hydrogen-bond donors (Lipinski definition) is 0. The Hall–Kier alpha value is -2.36. The lowest BCUT2D eigenvalue weighted by Gasteiger charge is -2.22. The third-order valence-corrected chi connectivity index (χ3v) is 8.38. The standard InChI is InChI=1S/C24H21OS2/c1-3-21-23(4-2)27(24-13-9-8-12-22(24)26-21)20-16-14-19(15-17-20)25-18-10-6-5-7-11-18/h3-14,16H,1-2,15,17H2/q+1. The van der Waals surface area contributed by atoms with E-state index in [-0.39, 0.29) is 10.9 Å². The lowest BCUT2D eigenvalue weighted by Crippen LogP contribution is -2.15. The van der Waals surface area contributed by atoms with Crippen molar-refractivity contribution in [2.45, 2.75) is 22.6 Å². The van der Waals surface area contributed by atoms with E-state index >= 15 is 0 Å². The molecule has 0 saturated heterocycles. The number of thioether (sulfide) groups is 1. The molecule has 3 heteroatoms. The molecule has 0 radical (unpaired) electrons. The fourth-order valence-corrected chi connectivity index (χ4v) is 7.01. The molecule has 0 spiro atoms. The average molecular weight is 390 g/mol. The fourth-order valence-electron chi connectivity index (χ4n) is 3.19. The van der Waals surface area contributed by atoms with E-state index in [0.29, 0.717) is 0 Å². The summed E-state index contributed by atoms with van der Waals surface area (Å²) in [6.45, 7) is 8.11. The zero-order valence-corrected chi connectivity index (χ0v) is 16.7. The Bertz CT molecular complexity index is 967. The summed E-state index contributed by atoms with van der Waals surface area (Å²) in [4.78, 5) is 6.62. The van der Waals surface area contributed by atoms with Crippen molar-refractivity contribution in [1.29, 1.82) is 0 Å². The number of rotatable bonds is 5. The van der Waals surface area contributed by atoms with Crippen molar-refractivity contribution in [2.75, 3.05) is 0 Å². The molecule has 0 fully saturated rings. The van der Waals surface area contributed by atoms with Crippen molar-refractivity contribution in [1.82, 2.24) is 0 Å². The summed E-state index contributed by atoms with van der Waals surface area (Å²) in [7, 11) is -0.105. The van der Waals surface area contributed by atoms with E-state index in [1.165, 1.54) is 24.5 Å². The van der Waals surface area contributed by atoms with Gasteiger partial charge in [-0.15, -0.1) is 0 Å². The van der Waals surface area contributed by atoms with Crippen molar-refractivity contribution in [2.24, 2.45) is 0 Å². The number of fused-ring (bicyclic) bond motifs is 1. The molecule has 1 unspecified atom stereocenters. The molecule has 0 N–H and O–H groups in total. The van der Waals surface area contributed by atoms with E-state index in [4.69, 9.17) is 4.74 Å². The molecule has 0 saturated carbocycles. The first-order valence-electron chi connectivity index (χ1n) is 8.93. The predicted octanol–water partition coefficient (Wildman–Crippen LogP) is 6.99. The second-order valence-corrected chi connectivity index (χ2v) is 9.27. The van der Waals surface area contributed by atoms with Crippen molar-refractivity contribution in [3.63, 3.8) is 0 Å². The highest BCUT2D eigenvalue weighted by Crippen LogP contribution is 2.48. The molecular weight excluding hydrogens is 368 g/mol. The van der Waals surface area contributed by atoms with Gasteiger partial charge >= 0.3 is 0 Å². The SMILES string of the molecule is C=CC1=C(C=C)[S+](C2=CC=C(Oc3ccccc3)CC2)c2ccccc2S1. The molecule has 4 rings (SSSR count). The van der Waals surface area contributed by atoms with Gasteiger partial charge in [0.2, 0.25) is 0 Å². The van der Waals surface area contributed by atoms with E-state index in [1.807, 2.05) is 42.5 Å². The normalized spacial score (nSPS) is 18.9. The maximum absolute atomic E-state index is 6.02. The molecule has 1 heterocycles. The summed E-state index contributed by atoms with van der Waals surface area (Å²) >= 11 is 1.79. The Balaban J connectivity index is 1.68. The molecule has 1 nitrogen and oxygen atoms in total. The van der Waals surface area contributed by atoms with E-state index in [9.17, 15) is 0 Å². The molecule has 1 aliphatic carbocycles. The minimum atomic E-state index is -0.105. The van der Waals surface area contributed by atoms with Gasteiger partial charge in [-0.1, -0.05) is 61.3 Å². The number of para-hydroxylation sites is 1. The van der Waals surface area contributed by atoms with Gasteiger partial charge in [-0.05, 0) is 42.5 Å². The van der Waals surface area contributed by atoms with Gasteiger partial charge in [-0.25, -0.2) is 0 Å². The Labute approximate surface area is 168 Å². The molecule has 0 aromatic heterocycles. The first-order chi connectivity index (χ1) is 13.3. The molecule has 134 valence electrons. The van der Waals surface area contributed by atoms with Crippen LogP contribution in [0.3, 0.4) is 0 Å². The van der Waals surface area contributed by atoms with E-state index in [2.05, 4.69) is 49.6 Å². The molecular formula is C24H21OS2+. The van der Waals surface area contributed by atoms with Crippen molar-refractivity contribution in [3.8, 4) is 5.75 Å². The van der Waals surface area contributed by atoms with Gasteiger partial charge in [0.1, 0.15) is 16.4 Å². The summed E-state index contributed by atoms with van der Waals surface area (Å²) in [5.41, 5.74) is 0. The Morgan fingerprint density at radius 2 is 1.67 bits per heavy atom. The summed E-state index contributed by atoms with van der Waals surface area (Å²) in [5, 5.41) is 0. The molecule has 2 aromatic rings. The topological polar surface area (TPSA) is 9.23 Å². The molecule has 0 bridgehead atoms. The highest BCUT2D eigenvalue weighted by atomic mass is 32.2. The van der Waals surface area contributed by atoms with Crippen LogP contribution in [0.25, 0.3) is 0 Å². The van der Waals surface area contributed by atoms with Crippen LogP contribution in [0.2, 0.25) is 0 Å². The summed E-state index contributed by atoms with van der Waals surface area (Å²) < 4.78 is 6.02. The van der Waals surface area contributed by atoms with Crippen LogP contribution in [-0.2, 0) is 10.9 Å². The first kappa shape index (κ1) is 18.0. The minimum Gasteiger partial charge on any atom is -0.462 e. The van der Waals surface area contributed by atoms with Crippen LogP contribution in [0.1, 0.15) is 12.8 Å². The van der Waals surface area contributed by atoms with Crippen LogP contribution in [0.15, 0.2) is 122 Å². The van der Waals surface area contributed by atoms with Gasteiger partial charge in [0.25, 0.3) is 0 Å². The van der Waals surface area contributed by atoms with Gasteiger partial charge in [-0.2, -0.15) is 0 Å². The van der Waals surface area contributed by atoms with Crippen LogP contribution >= 0.6 is 11.8 Å². The number of benzene rings is 2. The maximum Gasteiger partial charge on any atom is 0.180 e. The van der Waals surface area contributed by atoms with Crippen molar-refractivity contribution >= 4 is 22.7 Å². The third-order valence-electron chi connectivity index (χ3n) is 4.45. The smallest absolute Gasteiger partial charge is 0.180 e. The van der Waals surface area contributed by atoms with E-state index < -0.39 is 0 Å². The number of allylic oxidation sites excluding steroid dienone is 6. The first-order valence-corrected chi connectivity index (χ1v) is 11.0. The Morgan fingerprint density at radius 3 is 2.37 bits per heavy atom.